The van der Waals surface area contributed by atoms with Crippen LogP contribution in [0, 0.1) is 0 Å². The third-order valence-electron chi connectivity index (χ3n) is 3.35. The summed E-state index contributed by atoms with van der Waals surface area (Å²) in [4.78, 5) is 0. The molecule has 3 heteroatoms. The Kier molecular flexibility index (Phi) is 3.17. The van der Waals surface area contributed by atoms with Crippen LogP contribution in [0.15, 0.2) is 0 Å². The molecule has 2 heterocycles. The second-order valence-electron chi connectivity index (χ2n) is 4.20. The highest BCUT2D eigenvalue weighted by atomic mass is 32.2. The number of thioether (sulfide) groups is 1. The Morgan fingerprint density at radius 2 is 2.31 bits per heavy atom. The predicted molar refractivity (Wildman–Crippen MR) is 57.2 cm³/mol. The number of piperidine rings is 1. The third-order valence-corrected chi connectivity index (χ3v) is 4.97. The normalized spacial score (nSPS) is 40.8. The van der Waals surface area contributed by atoms with Crippen LogP contribution in [-0.2, 0) is 0 Å². The molecule has 2 unspecified atom stereocenters. The maximum Gasteiger partial charge on any atom is 0.0624 e. The zero-order chi connectivity index (χ0) is 9.15. The lowest BCUT2D eigenvalue weighted by molar-refractivity contribution is 0.128. The van der Waals surface area contributed by atoms with Crippen LogP contribution < -0.4 is 5.32 Å². The van der Waals surface area contributed by atoms with Gasteiger partial charge in [-0.15, -0.1) is 0 Å². The van der Waals surface area contributed by atoms with Gasteiger partial charge in [-0.05, 0) is 38.0 Å². The summed E-state index contributed by atoms with van der Waals surface area (Å²) < 4.78 is 0. The molecule has 2 fully saturated rings. The van der Waals surface area contributed by atoms with Crippen molar-refractivity contribution in [2.45, 2.75) is 42.9 Å². The quantitative estimate of drug-likeness (QED) is 0.708. The minimum Gasteiger partial charge on any atom is -0.394 e. The average Bonchev–Trinajstić information content (AvgIpc) is 2.72. The van der Waals surface area contributed by atoms with Crippen molar-refractivity contribution in [3.63, 3.8) is 0 Å². The van der Waals surface area contributed by atoms with E-state index in [1.807, 2.05) is 11.8 Å². The molecule has 0 bridgehead atoms. The van der Waals surface area contributed by atoms with Crippen LogP contribution in [0.1, 0.15) is 32.1 Å². The summed E-state index contributed by atoms with van der Waals surface area (Å²) in [6.07, 6.45) is 6.35. The molecule has 0 aromatic rings. The molecule has 0 radical (unpaired) electrons. The monoisotopic (exact) mass is 201 g/mol. The van der Waals surface area contributed by atoms with Crippen molar-refractivity contribution >= 4 is 11.8 Å². The van der Waals surface area contributed by atoms with Gasteiger partial charge in [-0.25, -0.2) is 0 Å². The summed E-state index contributed by atoms with van der Waals surface area (Å²) in [7, 11) is 0. The molecule has 0 aliphatic carbocycles. The van der Waals surface area contributed by atoms with Crippen molar-refractivity contribution in [2.75, 3.05) is 18.9 Å². The standard InChI is InChI=1S/C10H19NOS/c12-8-10(5-1-2-6-11-10)9-4-3-7-13-9/h9,11-12H,1-8H2. The van der Waals surface area contributed by atoms with Gasteiger partial charge in [-0.3, -0.25) is 0 Å². The van der Waals surface area contributed by atoms with E-state index in [1.54, 1.807) is 0 Å². The lowest BCUT2D eigenvalue weighted by atomic mass is 9.84. The number of rotatable bonds is 2. The van der Waals surface area contributed by atoms with Crippen molar-refractivity contribution in [1.82, 2.24) is 5.32 Å². The summed E-state index contributed by atoms with van der Waals surface area (Å²) in [6.45, 7) is 1.42. The fourth-order valence-corrected chi connectivity index (χ4v) is 4.06. The zero-order valence-corrected chi connectivity index (χ0v) is 8.91. The Hall–Kier alpha value is 0.270. The van der Waals surface area contributed by atoms with Gasteiger partial charge in [0, 0.05) is 5.25 Å². The molecule has 0 aromatic carbocycles. The maximum atomic E-state index is 9.53. The van der Waals surface area contributed by atoms with E-state index in [9.17, 15) is 5.11 Å². The average molecular weight is 201 g/mol. The van der Waals surface area contributed by atoms with Crippen molar-refractivity contribution in [2.24, 2.45) is 0 Å². The van der Waals surface area contributed by atoms with Crippen LogP contribution >= 0.6 is 11.8 Å². The lowest BCUT2D eigenvalue weighted by Crippen LogP contribution is -2.57. The number of nitrogens with one attached hydrogen (secondary N) is 1. The first-order chi connectivity index (χ1) is 6.37. The minimum absolute atomic E-state index is 0.0689. The number of aliphatic hydroxyl groups is 1. The maximum absolute atomic E-state index is 9.53. The van der Waals surface area contributed by atoms with Gasteiger partial charge in [0.15, 0.2) is 0 Å². The van der Waals surface area contributed by atoms with Crippen LogP contribution in [-0.4, -0.2) is 34.8 Å². The molecule has 2 rings (SSSR count). The molecule has 2 nitrogen and oxygen atoms in total. The van der Waals surface area contributed by atoms with Gasteiger partial charge in [-0.1, -0.05) is 6.42 Å². The molecule has 0 amide bonds. The number of aliphatic hydroxyl groups excluding tert-OH is 1. The highest BCUT2D eigenvalue weighted by Crippen LogP contribution is 2.38. The van der Waals surface area contributed by atoms with E-state index in [-0.39, 0.29) is 5.54 Å². The van der Waals surface area contributed by atoms with E-state index in [2.05, 4.69) is 5.32 Å². The molecule has 0 aromatic heterocycles. The lowest BCUT2D eigenvalue weighted by Gasteiger charge is -2.41. The molecule has 2 aliphatic heterocycles. The van der Waals surface area contributed by atoms with Gasteiger partial charge in [-0.2, -0.15) is 11.8 Å². The Morgan fingerprint density at radius 3 is 2.85 bits per heavy atom. The Bertz CT molecular complexity index is 162. The molecule has 0 spiro atoms. The summed E-state index contributed by atoms with van der Waals surface area (Å²) in [6, 6.07) is 0. The van der Waals surface area contributed by atoms with E-state index >= 15 is 0 Å². The van der Waals surface area contributed by atoms with Crippen molar-refractivity contribution in [3.05, 3.63) is 0 Å². The van der Waals surface area contributed by atoms with Crippen LogP contribution in [0.25, 0.3) is 0 Å². The summed E-state index contributed by atoms with van der Waals surface area (Å²) in [5.41, 5.74) is 0.0689. The fourth-order valence-electron chi connectivity index (χ4n) is 2.52. The van der Waals surface area contributed by atoms with Crippen molar-refractivity contribution in [3.8, 4) is 0 Å². The molecule has 2 atom stereocenters. The largest absolute Gasteiger partial charge is 0.394 e. The summed E-state index contributed by atoms with van der Waals surface area (Å²) >= 11 is 2.05. The minimum atomic E-state index is 0.0689. The predicted octanol–water partition coefficient (Wildman–Crippen LogP) is 1.39. The molecule has 13 heavy (non-hydrogen) atoms. The van der Waals surface area contributed by atoms with Gasteiger partial charge in [0.2, 0.25) is 0 Å². The molecule has 0 saturated carbocycles. The highest BCUT2D eigenvalue weighted by Gasteiger charge is 2.40. The molecular weight excluding hydrogens is 182 g/mol. The van der Waals surface area contributed by atoms with Gasteiger partial charge in [0.05, 0.1) is 12.1 Å². The summed E-state index contributed by atoms with van der Waals surface area (Å²) in [5.74, 6) is 1.29. The van der Waals surface area contributed by atoms with E-state index < -0.39 is 0 Å². The second-order valence-corrected chi connectivity index (χ2v) is 5.51. The van der Waals surface area contributed by atoms with Gasteiger partial charge < -0.3 is 10.4 Å². The second kappa shape index (κ2) is 4.20. The van der Waals surface area contributed by atoms with E-state index in [0.717, 1.165) is 6.54 Å². The smallest absolute Gasteiger partial charge is 0.0624 e. The Balaban J connectivity index is 2.03. The van der Waals surface area contributed by atoms with E-state index in [4.69, 9.17) is 0 Å². The van der Waals surface area contributed by atoms with Gasteiger partial charge in [0.1, 0.15) is 0 Å². The molecule has 2 saturated heterocycles. The fraction of sp³-hybridized carbons (Fsp3) is 1.00. The SMILES string of the molecule is OCC1(C2CCCS2)CCCCN1. The van der Waals surface area contributed by atoms with Crippen LogP contribution in [0.3, 0.4) is 0 Å². The summed E-state index contributed by atoms with van der Waals surface area (Å²) in [5, 5.41) is 13.7. The van der Waals surface area contributed by atoms with Crippen LogP contribution in [0.4, 0.5) is 0 Å². The van der Waals surface area contributed by atoms with Crippen LogP contribution in [0.2, 0.25) is 0 Å². The van der Waals surface area contributed by atoms with Gasteiger partial charge in [0.25, 0.3) is 0 Å². The highest BCUT2D eigenvalue weighted by molar-refractivity contribution is 8.00. The topological polar surface area (TPSA) is 32.3 Å². The Labute approximate surface area is 84.5 Å². The first-order valence-electron chi connectivity index (χ1n) is 5.35. The number of hydrogen-bond acceptors (Lipinski definition) is 3. The van der Waals surface area contributed by atoms with Crippen molar-refractivity contribution in [1.29, 1.82) is 0 Å². The third kappa shape index (κ3) is 1.88. The molecule has 2 N–H and O–H groups in total. The first-order valence-corrected chi connectivity index (χ1v) is 6.40. The van der Waals surface area contributed by atoms with Crippen LogP contribution in [0.5, 0.6) is 0 Å². The molecule has 76 valence electrons. The number of hydrogen-bond donors (Lipinski definition) is 2. The first kappa shape index (κ1) is 9.81. The Morgan fingerprint density at radius 1 is 1.38 bits per heavy atom. The van der Waals surface area contributed by atoms with Gasteiger partial charge >= 0.3 is 0 Å². The van der Waals surface area contributed by atoms with E-state index in [1.165, 1.54) is 37.9 Å². The molecule has 2 aliphatic rings. The zero-order valence-electron chi connectivity index (χ0n) is 8.09. The van der Waals surface area contributed by atoms with E-state index in [0.29, 0.717) is 11.9 Å². The molecular formula is C10H19NOS. The van der Waals surface area contributed by atoms with Crippen molar-refractivity contribution < 1.29 is 5.11 Å².